The molecule has 0 bridgehead atoms. The number of anilines is 1. The largest absolute Gasteiger partial charge is 0.454 e. The first-order valence-electron chi connectivity index (χ1n) is 8.44. The number of hydrogen-bond donors (Lipinski definition) is 1. The van der Waals surface area contributed by atoms with Crippen LogP contribution in [0.2, 0.25) is 0 Å². The van der Waals surface area contributed by atoms with Crippen molar-refractivity contribution in [2.75, 3.05) is 18.7 Å². The molecule has 1 amide bonds. The number of carbonyl (C=O) groups excluding carboxylic acids is 1. The van der Waals surface area contributed by atoms with E-state index in [1.54, 1.807) is 30.3 Å². The highest BCUT2D eigenvalue weighted by Crippen LogP contribution is 2.36. The zero-order chi connectivity index (χ0) is 19.3. The Morgan fingerprint density at radius 2 is 1.96 bits per heavy atom. The lowest BCUT2D eigenvalue weighted by molar-refractivity contribution is -0.121. The summed E-state index contributed by atoms with van der Waals surface area (Å²) in [5, 5.41) is 15.4. The Hall–Kier alpha value is -3.83. The summed E-state index contributed by atoms with van der Waals surface area (Å²) < 4.78 is 21.4. The van der Waals surface area contributed by atoms with Crippen molar-refractivity contribution in [2.24, 2.45) is 0 Å². The van der Waals surface area contributed by atoms with Crippen LogP contribution in [0.15, 0.2) is 53.1 Å². The molecule has 2 aromatic carbocycles. The Balaban J connectivity index is 1.28. The summed E-state index contributed by atoms with van der Waals surface area (Å²) in [6.07, 6.45) is 0. The highest BCUT2D eigenvalue weighted by atomic mass is 16.7. The zero-order valence-electron chi connectivity index (χ0n) is 14.7. The van der Waals surface area contributed by atoms with Gasteiger partial charge in [0.25, 0.3) is 0 Å². The van der Waals surface area contributed by atoms with Gasteiger partial charge in [-0.1, -0.05) is 5.16 Å². The minimum atomic E-state index is -0.302. The molecule has 0 fully saturated rings. The van der Waals surface area contributed by atoms with Crippen molar-refractivity contribution in [3.05, 3.63) is 59.8 Å². The van der Waals surface area contributed by atoms with Crippen molar-refractivity contribution >= 4 is 11.6 Å². The summed E-state index contributed by atoms with van der Waals surface area (Å²) in [5.74, 6) is 1.62. The number of benzene rings is 2. The SMILES string of the molecule is N#Cc1ccc(NC(=O)COCc2cc(-c3ccc4c(c3)OCO4)on2)cc1. The number of rotatable bonds is 6. The van der Waals surface area contributed by atoms with E-state index in [1.165, 1.54) is 0 Å². The first-order valence-corrected chi connectivity index (χ1v) is 8.44. The van der Waals surface area contributed by atoms with E-state index in [2.05, 4.69) is 10.5 Å². The molecule has 1 aliphatic rings. The second-order valence-corrected chi connectivity index (χ2v) is 5.98. The van der Waals surface area contributed by atoms with Crippen LogP contribution < -0.4 is 14.8 Å². The third-order valence-corrected chi connectivity index (χ3v) is 4.00. The fourth-order valence-corrected chi connectivity index (χ4v) is 2.64. The zero-order valence-corrected chi connectivity index (χ0v) is 14.7. The molecule has 0 saturated carbocycles. The van der Waals surface area contributed by atoms with Gasteiger partial charge in [-0.3, -0.25) is 4.79 Å². The molecule has 0 spiro atoms. The van der Waals surface area contributed by atoms with Crippen LogP contribution in [0.4, 0.5) is 5.69 Å². The topological polar surface area (TPSA) is 107 Å². The second kappa shape index (κ2) is 7.82. The Morgan fingerprint density at radius 3 is 2.79 bits per heavy atom. The molecule has 0 unspecified atom stereocenters. The molecule has 0 aliphatic carbocycles. The summed E-state index contributed by atoms with van der Waals surface area (Å²) >= 11 is 0. The number of nitrogens with one attached hydrogen (secondary N) is 1. The van der Waals surface area contributed by atoms with Crippen LogP contribution in [0.5, 0.6) is 11.5 Å². The van der Waals surface area contributed by atoms with Crippen LogP contribution in [-0.4, -0.2) is 24.5 Å². The number of nitriles is 1. The number of aromatic nitrogens is 1. The van der Waals surface area contributed by atoms with Gasteiger partial charge in [-0.15, -0.1) is 0 Å². The minimum absolute atomic E-state index is 0.133. The molecular formula is C20H15N3O5. The monoisotopic (exact) mass is 377 g/mol. The molecule has 8 nitrogen and oxygen atoms in total. The lowest BCUT2D eigenvalue weighted by Crippen LogP contribution is -2.18. The highest BCUT2D eigenvalue weighted by molar-refractivity contribution is 5.91. The van der Waals surface area contributed by atoms with Gasteiger partial charge in [-0.2, -0.15) is 5.26 Å². The molecule has 2 heterocycles. The summed E-state index contributed by atoms with van der Waals surface area (Å²) in [6.45, 7) is 0.208. The Bertz CT molecular complexity index is 1040. The average molecular weight is 377 g/mol. The average Bonchev–Trinajstić information content (AvgIpc) is 3.37. The molecule has 0 atom stereocenters. The smallest absolute Gasteiger partial charge is 0.250 e. The molecule has 8 heteroatoms. The van der Waals surface area contributed by atoms with Crippen molar-refractivity contribution in [1.29, 1.82) is 5.26 Å². The molecule has 140 valence electrons. The maximum absolute atomic E-state index is 11.9. The first-order chi connectivity index (χ1) is 13.7. The van der Waals surface area contributed by atoms with Gasteiger partial charge in [0.15, 0.2) is 17.3 Å². The van der Waals surface area contributed by atoms with Crippen molar-refractivity contribution in [3.63, 3.8) is 0 Å². The van der Waals surface area contributed by atoms with Crippen molar-refractivity contribution in [2.45, 2.75) is 6.61 Å². The van der Waals surface area contributed by atoms with E-state index >= 15 is 0 Å². The molecule has 3 aromatic rings. The molecular weight excluding hydrogens is 362 g/mol. The van der Waals surface area contributed by atoms with Crippen LogP contribution in [0.25, 0.3) is 11.3 Å². The fourth-order valence-electron chi connectivity index (χ4n) is 2.64. The summed E-state index contributed by atoms with van der Waals surface area (Å²) in [6, 6.07) is 15.8. The van der Waals surface area contributed by atoms with Gasteiger partial charge in [-0.25, -0.2) is 0 Å². The number of fused-ring (bicyclic) bond motifs is 1. The molecule has 1 N–H and O–H groups in total. The van der Waals surface area contributed by atoms with Gasteiger partial charge in [0.2, 0.25) is 12.7 Å². The van der Waals surface area contributed by atoms with E-state index in [1.807, 2.05) is 24.3 Å². The van der Waals surface area contributed by atoms with Crippen LogP contribution >= 0.6 is 0 Å². The van der Waals surface area contributed by atoms with Gasteiger partial charge in [0, 0.05) is 17.3 Å². The highest BCUT2D eigenvalue weighted by Gasteiger charge is 2.16. The lowest BCUT2D eigenvalue weighted by atomic mass is 10.1. The van der Waals surface area contributed by atoms with E-state index in [0.717, 1.165) is 5.56 Å². The number of hydrogen-bond acceptors (Lipinski definition) is 7. The Morgan fingerprint density at radius 1 is 1.14 bits per heavy atom. The van der Waals surface area contributed by atoms with Crippen molar-refractivity contribution in [3.8, 4) is 28.9 Å². The number of nitrogens with zero attached hydrogens (tertiary/aromatic N) is 2. The molecule has 1 aliphatic heterocycles. The van der Waals surface area contributed by atoms with E-state index in [9.17, 15) is 4.79 Å². The lowest BCUT2D eigenvalue weighted by Gasteiger charge is -2.05. The van der Waals surface area contributed by atoms with Gasteiger partial charge in [0.1, 0.15) is 12.3 Å². The molecule has 0 saturated heterocycles. The van der Waals surface area contributed by atoms with E-state index in [4.69, 9.17) is 24.0 Å². The predicted octanol–water partition coefficient (Wildman–Crippen LogP) is 3.10. The fraction of sp³-hybridized carbons (Fsp3) is 0.150. The Kier molecular flexibility index (Phi) is 4.91. The molecule has 28 heavy (non-hydrogen) atoms. The Labute approximate surface area is 160 Å². The van der Waals surface area contributed by atoms with Crippen molar-refractivity contribution < 1.29 is 23.5 Å². The van der Waals surface area contributed by atoms with Crippen LogP contribution in [0, 0.1) is 11.3 Å². The van der Waals surface area contributed by atoms with E-state index in [0.29, 0.717) is 34.2 Å². The van der Waals surface area contributed by atoms with Crippen LogP contribution in [0.3, 0.4) is 0 Å². The van der Waals surface area contributed by atoms with E-state index < -0.39 is 0 Å². The summed E-state index contributed by atoms with van der Waals surface area (Å²) in [4.78, 5) is 11.9. The quantitative estimate of drug-likeness (QED) is 0.703. The molecule has 0 radical (unpaired) electrons. The number of carbonyl (C=O) groups is 1. The van der Waals surface area contributed by atoms with Gasteiger partial charge in [0.05, 0.1) is 18.2 Å². The standard InChI is InChI=1S/C20H15N3O5/c21-9-13-1-4-15(5-2-13)22-20(24)11-25-10-16-8-18(28-23-16)14-3-6-17-19(7-14)27-12-26-17/h1-8H,10-12H2,(H,22,24). The predicted molar refractivity (Wildman–Crippen MR) is 97.5 cm³/mol. The summed E-state index contributed by atoms with van der Waals surface area (Å²) in [5.41, 5.74) is 2.50. The second-order valence-electron chi connectivity index (χ2n) is 5.98. The van der Waals surface area contributed by atoms with Crippen LogP contribution in [-0.2, 0) is 16.1 Å². The normalized spacial score (nSPS) is 11.8. The molecule has 1 aromatic heterocycles. The van der Waals surface area contributed by atoms with Crippen molar-refractivity contribution in [1.82, 2.24) is 5.16 Å². The van der Waals surface area contributed by atoms with Gasteiger partial charge in [-0.05, 0) is 42.5 Å². The summed E-state index contributed by atoms with van der Waals surface area (Å²) in [7, 11) is 0. The maximum Gasteiger partial charge on any atom is 0.250 e. The number of amides is 1. The minimum Gasteiger partial charge on any atom is -0.454 e. The maximum atomic E-state index is 11.9. The van der Waals surface area contributed by atoms with Crippen LogP contribution in [0.1, 0.15) is 11.3 Å². The molecule has 4 rings (SSSR count). The van der Waals surface area contributed by atoms with Gasteiger partial charge < -0.3 is 24.1 Å². The number of ether oxygens (including phenoxy) is 3. The third-order valence-electron chi connectivity index (χ3n) is 4.00. The third kappa shape index (κ3) is 3.95. The first kappa shape index (κ1) is 17.6. The van der Waals surface area contributed by atoms with E-state index in [-0.39, 0.29) is 25.9 Å². The van der Waals surface area contributed by atoms with Gasteiger partial charge >= 0.3 is 0 Å².